The SMILES string of the molecule is Cc1c(Cl)ccc2sc(N(Cc3ccccc3)C(=O)C3CC(=O)N(c4ccc(F)cc4)C3)nc12. The summed E-state index contributed by atoms with van der Waals surface area (Å²) in [6, 6.07) is 19.2. The molecule has 0 spiro atoms. The van der Waals surface area contributed by atoms with E-state index in [0.29, 0.717) is 22.4 Å². The number of aryl methyl sites for hydroxylation is 1. The van der Waals surface area contributed by atoms with Crippen molar-refractivity contribution in [1.82, 2.24) is 4.98 Å². The van der Waals surface area contributed by atoms with E-state index in [1.165, 1.54) is 23.5 Å². The van der Waals surface area contributed by atoms with Gasteiger partial charge in [0.05, 0.1) is 22.7 Å². The number of anilines is 2. The lowest BCUT2D eigenvalue weighted by Crippen LogP contribution is -2.37. The van der Waals surface area contributed by atoms with Crippen LogP contribution in [-0.4, -0.2) is 23.3 Å². The summed E-state index contributed by atoms with van der Waals surface area (Å²) < 4.78 is 14.3. The fraction of sp³-hybridized carbons (Fsp3) is 0.192. The highest BCUT2D eigenvalue weighted by Crippen LogP contribution is 2.36. The topological polar surface area (TPSA) is 53.5 Å². The summed E-state index contributed by atoms with van der Waals surface area (Å²) in [6.07, 6.45) is 0.0945. The number of carbonyl (C=O) groups is 2. The van der Waals surface area contributed by atoms with Crippen LogP contribution in [0.3, 0.4) is 0 Å². The molecule has 0 N–H and O–H groups in total. The van der Waals surface area contributed by atoms with Crippen LogP contribution >= 0.6 is 22.9 Å². The maximum atomic E-state index is 13.8. The van der Waals surface area contributed by atoms with Gasteiger partial charge in [0.1, 0.15) is 5.82 Å². The Labute approximate surface area is 205 Å². The average Bonchev–Trinajstić information content (AvgIpc) is 3.45. The Morgan fingerprint density at radius 3 is 2.62 bits per heavy atom. The number of hydrogen-bond donors (Lipinski definition) is 0. The zero-order valence-electron chi connectivity index (χ0n) is 18.4. The molecule has 5 nitrogen and oxygen atoms in total. The molecule has 0 bridgehead atoms. The monoisotopic (exact) mass is 493 g/mol. The first-order valence-corrected chi connectivity index (χ1v) is 12.1. The van der Waals surface area contributed by atoms with Crippen LogP contribution in [0.4, 0.5) is 15.2 Å². The summed E-state index contributed by atoms with van der Waals surface area (Å²) in [5.41, 5.74) is 3.19. The molecule has 2 amide bonds. The highest BCUT2D eigenvalue weighted by atomic mass is 35.5. The molecule has 34 heavy (non-hydrogen) atoms. The van der Waals surface area contributed by atoms with Gasteiger partial charge < -0.3 is 4.90 Å². The summed E-state index contributed by atoms with van der Waals surface area (Å²) in [6.45, 7) is 2.49. The molecule has 2 heterocycles. The van der Waals surface area contributed by atoms with Crippen LogP contribution in [-0.2, 0) is 16.1 Å². The molecular formula is C26H21ClFN3O2S. The minimum Gasteiger partial charge on any atom is -0.312 e. The van der Waals surface area contributed by atoms with E-state index in [9.17, 15) is 14.0 Å². The Morgan fingerprint density at radius 1 is 1.15 bits per heavy atom. The lowest BCUT2D eigenvalue weighted by molar-refractivity contribution is -0.124. The molecule has 4 aromatic rings. The van der Waals surface area contributed by atoms with E-state index < -0.39 is 5.92 Å². The van der Waals surface area contributed by atoms with Gasteiger partial charge in [-0.05, 0) is 54.4 Å². The van der Waals surface area contributed by atoms with Crippen LogP contribution in [0.15, 0.2) is 66.7 Å². The molecule has 1 aliphatic heterocycles. The van der Waals surface area contributed by atoms with Crippen molar-refractivity contribution in [2.24, 2.45) is 5.92 Å². The van der Waals surface area contributed by atoms with Gasteiger partial charge >= 0.3 is 0 Å². The van der Waals surface area contributed by atoms with Crippen LogP contribution in [0.25, 0.3) is 10.2 Å². The van der Waals surface area contributed by atoms with E-state index in [0.717, 1.165) is 21.3 Å². The summed E-state index contributed by atoms with van der Waals surface area (Å²) in [5.74, 6) is -1.22. The van der Waals surface area contributed by atoms with E-state index in [4.69, 9.17) is 16.6 Å². The van der Waals surface area contributed by atoms with Crippen LogP contribution in [0.5, 0.6) is 0 Å². The summed E-state index contributed by atoms with van der Waals surface area (Å²) in [5, 5.41) is 1.20. The molecule has 1 aliphatic rings. The van der Waals surface area contributed by atoms with Crippen molar-refractivity contribution in [3.05, 3.63) is 88.7 Å². The summed E-state index contributed by atoms with van der Waals surface area (Å²) in [7, 11) is 0. The predicted molar refractivity (Wildman–Crippen MR) is 134 cm³/mol. The van der Waals surface area contributed by atoms with Gasteiger partial charge in [0, 0.05) is 23.7 Å². The number of nitrogens with zero attached hydrogens (tertiary/aromatic N) is 3. The van der Waals surface area contributed by atoms with Crippen LogP contribution in [0, 0.1) is 18.7 Å². The number of rotatable bonds is 5. The van der Waals surface area contributed by atoms with Gasteiger partial charge in [0.15, 0.2) is 5.13 Å². The summed E-state index contributed by atoms with van der Waals surface area (Å²) in [4.78, 5) is 34.5. The highest BCUT2D eigenvalue weighted by molar-refractivity contribution is 7.22. The first-order chi connectivity index (χ1) is 16.4. The standard InChI is InChI=1S/C26H21ClFN3O2S/c1-16-21(27)11-12-22-24(16)29-26(34-22)31(14-17-5-3-2-4-6-17)25(33)18-13-23(32)30(15-18)20-9-7-19(28)8-10-20/h2-12,18H,13-15H2,1H3. The molecular weight excluding hydrogens is 473 g/mol. The van der Waals surface area contributed by atoms with E-state index in [2.05, 4.69) is 0 Å². The second-order valence-corrected chi connectivity index (χ2v) is 9.72. The molecule has 172 valence electrons. The third-order valence-corrected chi connectivity index (χ3v) is 7.48. The third-order valence-electron chi connectivity index (χ3n) is 6.03. The first-order valence-electron chi connectivity index (χ1n) is 10.9. The number of amides is 2. The zero-order chi connectivity index (χ0) is 23.8. The van der Waals surface area contributed by atoms with Gasteiger partial charge in [-0.15, -0.1) is 0 Å². The molecule has 0 aliphatic carbocycles. The van der Waals surface area contributed by atoms with Crippen molar-refractivity contribution < 1.29 is 14.0 Å². The smallest absolute Gasteiger partial charge is 0.234 e. The number of hydrogen-bond acceptors (Lipinski definition) is 4. The van der Waals surface area contributed by atoms with Gasteiger partial charge in [-0.1, -0.05) is 53.3 Å². The van der Waals surface area contributed by atoms with Crippen molar-refractivity contribution in [2.75, 3.05) is 16.3 Å². The predicted octanol–water partition coefficient (Wildman–Crippen LogP) is 5.98. The number of halogens is 2. The Kier molecular flexibility index (Phi) is 6.06. The van der Waals surface area contributed by atoms with Crippen LogP contribution in [0.2, 0.25) is 5.02 Å². The van der Waals surface area contributed by atoms with Crippen LogP contribution < -0.4 is 9.80 Å². The lowest BCUT2D eigenvalue weighted by Gasteiger charge is -2.23. The fourth-order valence-electron chi connectivity index (χ4n) is 4.17. The number of carbonyl (C=O) groups excluding carboxylic acids is 2. The van der Waals surface area contributed by atoms with E-state index >= 15 is 0 Å². The van der Waals surface area contributed by atoms with Gasteiger partial charge in [0.25, 0.3) is 0 Å². The molecule has 1 atom stereocenters. The van der Waals surface area contributed by atoms with Gasteiger partial charge in [-0.2, -0.15) is 0 Å². The number of benzene rings is 3. The number of aromatic nitrogens is 1. The highest BCUT2D eigenvalue weighted by Gasteiger charge is 2.38. The molecule has 1 fully saturated rings. The Hall–Kier alpha value is -3.29. The minimum atomic E-state index is -0.530. The number of fused-ring (bicyclic) bond motifs is 1. The first kappa shape index (κ1) is 22.5. The maximum Gasteiger partial charge on any atom is 0.234 e. The lowest BCUT2D eigenvalue weighted by atomic mass is 10.1. The molecule has 0 radical (unpaired) electrons. The Morgan fingerprint density at radius 2 is 1.88 bits per heavy atom. The van der Waals surface area contributed by atoms with Crippen molar-refractivity contribution in [1.29, 1.82) is 0 Å². The second kappa shape index (κ2) is 9.16. The Bertz CT molecular complexity index is 1370. The van der Waals surface area contributed by atoms with Crippen molar-refractivity contribution in [2.45, 2.75) is 19.9 Å². The second-order valence-electron chi connectivity index (χ2n) is 8.31. The quantitative estimate of drug-likeness (QED) is 0.343. The average molecular weight is 494 g/mol. The number of thiazole rings is 1. The molecule has 5 rings (SSSR count). The van der Waals surface area contributed by atoms with Gasteiger partial charge in [-0.25, -0.2) is 9.37 Å². The van der Waals surface area contributed by atoms with Crippen molar-refractivity contribution >= 4 is 55.8 Å². The normalized spacial score (nSPS) is 15.8. The van der Waals surface area contributed by atoms with E-state index in [-0.39, 0.29) is 30.6 Å². The van der Waals surface area contributed by atoms with E-state index in [1.807, 2.05) is 49.4 Å². The molecule has 1 saturated heterocycles. The van der Waals surface area contributed by atoms with Crippen molar-refractivity contribution in [3.8, 4) is 0 Å². The van der Waals surface area contributed by atoms with Crippen LogP contribution in [0.1, 0.15) is 17.5 Å². The Balaban J connectivity index is 1.48. The maximum absolute atomic E-state index is 13.8. The third kappa shape index (κ3) is 4.29. The van der Waals surface area contributed by atoms with E-state index in [1.54, 1.807) is 21.9 Å². The molecule has 3 aromatic carbocycles. The molecule has 0 saturated carbocycles. The zero-order valence-corrected chi connectivity index (χ0v) is 19.9. The molecule has 1 unspecified atom stereocenters. The van der Waals surface area contributed by atoms with Crippen molar-refractivity contribution in [3.63, 3.8) is 0 Å². The van der Waals surface area contributed by atoms with Gasteiger partial charge in [0.2, 0.25) is 11.8 Å². The van der Waals surface area contributed by atoms with Gasteiger partial charge in [-0.3, -0.25) is 14.5 Å². The largest absolute Gasteiger partial charge is 0.312 e. The minimum absolute atomic E-state index is 0.0945. The molecule has 8 heteroatoms. The summed E-state index contributed by atoms with van der Waals surface area (Å²) >= 11 is 7.72. The fourth-order valence-corrected chi connectivity index (χ4v) is 5.36. The molecule has 1 aromatic heterocycles.